The van der Waals surface area contributed by atoms with E-state index < -0.39 is 0 Å². The lowest BCUT2D eigenvalue weighted by Crippen LogP contribution is -2.51. The van der Waals surface area contributed by atoms with Crippen molar-refractivity contribution < 1.29 is 9.53 Å². The van der Waals surface area contributed by atoms with Crippen LogP contribution in [-0.4, -0.2) is 49.1 Å². The molecule has 1 aliphatic heterocycles. The second kappa shape index (κ2) is 8.56. The number of nitrogens with one attached hydrogen (secondary N) is 2. The van der Waals surface area contributed by atoms with Crippen LogP contribution in [0.1, 0.15) is 45.4 Å². The van der Waals surface area contributed by atoms with E-state index in [1.54, 1.807) is 7.11 Å². The molecular formula is C20H31N3O2. The van der Waals surface area contributed by atoms with E-state index in [1.165, 1.54) is 12.8 Å². The van der Waals surface area contributed by atoms with Gasteiger partial charge in [-0.1, -0.05) is 18.9 Å². The highest BCUT2D eigenvalue weighted by molar-refractivity contribution is 5.81. The van der Waals surface area contributed by atoms with Gasteiger partial charge in [-0.2, -0.15) is 0 Å². The van der Waals surface area contributed by atoms with Crippen molar-refractivity contribution in [2.24, 2.45) is 0 Å². The van der Waals surface area contributed by atoms with Gasteiger partial charge in [0.15, 0.2) is 0 Å². The fourth-order valence-corrected chi connectivity index (χ4v) is 3.94. The van der Waals surface area contributed by atoms with E-state index in [9.17, 15) is 4.79 Å². The van der Waals surface area contributed by atoms with Crippen molar-refractivity contribution in [1.82, 2.24) is 10.2 Å². The lowest BCUT2D eigenvalue weighted by atomic mass is 10.0. The molecule has 0 aromatic heterocycles. The van der Waals surface area contributed by atoms with Crippen LogP contribution in [0.4, 0.5) is 5.69 Å². The third-order valence-corrected chi connectivity index (χ3v) is 5.60. The number of amides is 1. The molecule has 2 N–H and O–H groups in total. The highest BCUT2D eigenvalue weighted by Gasteiger charge is 2.28. The molecule has 1 aromatic rings. The van der Waals surface area contributed by atoms with Crippen LogP contribution >= 0.6 is 0 Å². The smallest absolute Gasteiger partial charge is 0.237 e. The van der Waals surface area contributed by atoms with Crippen molar-refractivity contribution in [2.75, 3.05) is 25.5 Å². The zero-order valence-corrected chi connectivity index (χ0v) is 15.5. The summed E-state index contributed by atoms with van der Waals surface area (Å²) in [4.78, 5) is 14.8. The minimum absolute atomic E-state index is 0.0293. The van der Waals surface area contributed by atoms with Gasteiger partial charge < -0.3 is 15.4 Å². The van der Waals surface area contributed by atoms with Crippen molar-refractivity contribution >= 4 is 11.6 Å². The molecule has 1 aliphatic carbocycles. The van der Waals surface area contributed by atoms with Crippen molar-refractivity contribution in [3.8, 4) is 5.75 Å². The van der Waals surface area contributed by atoms with Crippen LogP contribution in [0.2, 0.25) is 0 Å². The first-order valence-corrected chi connectivity index (χ1v) is 9.60. The summed E-state index contributed by atoms with van der Waals surface area (Å²) in [6.07, 6.45) is 6.90. The molecule has 2 fully saturated rings. The number of rotatable bonds is 6. The second-order valence-corrected chi connectivity index (χ2v) is 7.35. The molecule has 5 heteroatoms. The van der Waals surface area contributed by atoms with Crippen LogP contribution < -0.4 is 15.4 Å². The highest BCUT2D eigenvalue weighted by Crippen LogP contribution is 2.22. The van der Waals surface area contributed by atoms with E-state index in [0.29, 0.717) is 12.1 Å². The van der Waals surface area contributed by atoms with E-state index >= 15 is 0 Å². The highest BCUT2D eigenvalue weighted by atomic mass is 16.5. The van der Waals surface area contributed by atoms with Gasteiger partial charge >= 0.3 is 0 Å². The molecule has 1 atom stereocenters. The summed E-state index contributed by atoms with van der Waals surface area (Å²) in [6, 6.07) is 8.90. The first-order chi connectivity index (χ1) is 12.2. The Morgan fingerprint density at radius 3 is 2.56 bits per heavy atom. The summed E-state index contributed by atoms with van der Waals surface area (Å²) in [7, 11) is 1.69. The lowest BCUT2D eigenvalue weighted by Gasteiger charge is -2.36. The number of piperidine rings is 1. The Labute approximate surface area is 151 Å². The average Bonchev–Trinajstić information content (AvgIpc) is 3.15. The normalized spacial score (nSPS) is 21.0. The van der Waals surface area contributed by atoms with Crippen LogP contribution in [0, 0.1) is 0 Å². The van der Waals surface area contributed by atoms with E-state index in [4.69, 9.17) is 4.74 Å². The third-order valence-electron chi connectivity index (χ3n) is 5.60. The number of ether oxygens (including phenoxy) is 1. The summed E-state index contributed by atoms with van der Waals surface area (Å²) in [6.45, 7) is 3.96. The minimum Gasteiger partial charge on any atom is -0.497 e. The molecule has 0 unspecified atom stereocenters. The Morgan fingerprint density at radius 2 is 1.88 bits per heavy atom. The summed E-state index contributed by atoms with van der Waals surface area (Å²) >= 11 is 0. The summed E-state index contributed by atoms with van der Waals surface area (Å²) in [5, 5.41) is 6.83. The van der Waals surface area contributed by atoms with Crippen LogP contribution in [0.15, 0.2) is 24.3 Å². The van der Waals surface area contributed by atoms with Gasteiger partial charge in [-0.15, -0.1) is 0 Å². The third kappa shape index (κ3) is 4.88. The number of carbonyl (C=O) groups is 1. The molecule has 25 heavy (non-hydrogen) atoms. The number of carbonyl (C=O) groups excluding carboxylic acids is 1. The number of anilines is 1. The molecule has 0 bridgehead atoms. The standard InChI is InChI=1S/C20H31N3O2/c1-15(20(24)22-16-6-3-4-7-16)23-12-10-17(11-13-23)21-18-8-5-9-19(14-18)25-2/h5,8-9,14-17,21H,3-4,6-7,10-13H2,1-2H3,(H,22,24)/t15-/m0/s1. The summed E-state index contributed by atoms with van der Waals surface area (Å²) in [5.74, 6) is 1.07. The monoisotopic (exact) mass is 345 g/mol. The number of nitrogens with zero attached hydrogens (tertiary/aromatic N) is 1. The fourth-order valence-electron chi connectivity index (χ4n) is 3.94. The van der Waals surface area contributed by atoms with Crippen LogP contribution in [0.3, 0.4) is 0 Å². The minimum atomic E-state index is -0.0293. The van der Waals surface area contributed by atoms with Gasteiger partial charge in [0.25, 0.3) is 0 Å². The Hall–Kier alpha value is -1.75. The van der Waals surface area contributed by atoms with Gasteiger partial charge in [0.1, 0.15) is 5.75 Å². The zero-order valence-electron chi connectivity index (χ0n) is 15.5. The predicted octanol–water partition coefficient (Wildman–Crippen LogP) is 3.02. The molecule has 138 valence electrons. The van der Waals surface area contributed by atoms with Crippen LogP contribution in [-0.2, 0) is 4.79 Å². The Morgan fingerprint density at radius 1 is 1.16 bits per heavy atom. The molecule has 1 saturated carbocycles. The molecule has 2 aliphatic rings. The number of methoxy groups -OCH3 is 1. The predicted molar refractivity (Wildman–Crippen MR) is 101 cm³/mol. The number of benzene rings is 1. The van der Waals surface area contributed by atoms with Gasteiger partial charge in [-0.3, -0.25) is 9.69 Å². The molecule has 3 rings (SSSR count). The number of hydrogen-bond donors (Lipinski definition) is 2. The van der Waals surface area contributed by atoms with Crippen molar-refractivity contribution in [3.05, 3.63) is 24.3 Å². The molecule has 0 spiro atoms. The second-order valence-electron chi connectivity index (χ2n) is 7.35. The van der Waals surface area contributed by atoms with Crippen molar-refractivity contribution in [1.29, 1.82) is 0 Å². The van der Waals surface area contributed by atoms with Gasteiger partial charge in [0.2, 0.25) is 5.91 Å². The molecule has 1 saturated heterocycles. The van der Waals surface area contributed by atoms with Gasteiger partial charge in [-0.05, 0) is 44.7 Å². The van der Waals surface area contributed by atoms with Gasteiger partial charge in [0.05, 0.1) is 13.2 Å². The van der Waals surface area contributed by atoms with Crippen molar-refractivity contribution in [2.45, 2.75) is 63.6 Å². The van der Waals surface area contributed by atoms with Crippen LogP contribution in [0.25, 0.3) is 0 Å². The topological polar surface area (TPSA) is 53.6 Å². The first-order valence-electron chi connectivity index (χ1n) is 9.60. The maximum absolute atomic E-state index is 12.5. The van der Waals surface area contributed by atoms with E-state index in [2.05, 4.69) is 21.6 Å². The summed E-state index contributed by atoms with van der Waals surface area (Å²) in [5.41, 5.74) is 1.10. The first kappa shape index (κ1) is 18.1. The number of likely N-dealkylation sites (tertiary alicyclic amines) is 1. The van der Waals surface area contributed by atoms with Crippen molar-refractivity contribution in [3.63, 3.8) is 0 Å². The van der Waals surface area contributed by atoms with Crippen LogP contribution in [0.5, 0.6) is 5.75 Å². The van der Waals surface area contributed by atoms with E-state index in [1.807, 2.05) is 25.1 Å². The Kier molecular flexibility index (Phi) is 6.19. The molecular weight excluding hydrogens is 314 g/mol. The molecule has 5 nitrogen and oxygen atoms in total. The largest absolute Gasteiger partial charge is 0.497 e. The molecule has 1 amide bonds. The Bertz CT molecular complexity index is 564. The zero-order chi connectivity index (χ0) is 17.6. The molecule has 1 aromatic carbocycles. The molecule has 1 heterocycles. The maximum atomic E-state index is 12.5. The van der Waals surface area contributed by atoms with E-state index in [0.717, 1.165) is 50.2 Å². The number of hydrogen-bond acceptors (Lipinski definition) is 4. The Balaban J connectivity index is 1.45. The maximum Gasteiger partial charge on any atom is 0.237 e. The van der Waals surface area contributed by atoms with Gasteiger partial charge in [-0.25, -0.2) is 0 Å². The molecule has 0 radical (unpaired) electrons. The fraction of sp³-hybridized carbons (Fsp3) is 0.650. The SMILES string of the molecule is COc1cccc(NC2CCN([C@@H](C)C(=O)NC3CCCC3)CC2)c1. The van der Waals surface area contributed by atoms with Gasteiger partial charge in [0, 0.05) is 36.9 Å². The van der Waals surface area contributed by atoms with E-state index in [-0.39, 0.29) is 11.9 Å². The average molecular weight is 345 g/mol. The summed E-state index contributed by atoms with van der Waals surface area (Å²) < 4.78 is 5.28. The lowest BCUT2D eigenvalue weighted by molar-refractivity contribution is -0.127. The quantitative estimate of drug-likeness (QED) is 0.832.